The van der Waals surface area contributed by atoms with Gasteiger partial charge in [-0.3, -0.25) is 4.79 Å². The average Bonchev–Trinajstić information content (AvgIpc) is 2.24. The number of hydrogen-bond donors (Lipinski definition) is 1. The Labute approximate surface area is 96.8 Å². The fourth-order valence-electron chi connectivity index (χ4n) is 1.50. The van der Waals surface area contributed by atoms with Crippen molar-refractivity contribution >= 4 is 6.29 Å². The first-order valence-corrected chi connectivity index (χ1v) is 4.49. The third-order valence-electron chi connectivity index (χ3n) is 2.22. The number of aliphatic hydroxyl groups excluding tert-OH is 1. The fourth-order valence-corrected chi connectivity index (χ4v) is 1.50. The van der Waals surface area contributed by atoms with Crippen molar-refractivity contribution < 1.29 is 36.2 Å². The molecule has 1 aromatic carbocycles. The number of carbonyl (C=O) groups is 1. The van der Waals surface area contributed by atoms with E-state index in [1.54, 1.807) is 0 Å². The van der Waals surface area contributed by atoms with Crippen molar-refractivity contribution in [2.75, 3.05) is 0 Å². The molecule has 8 heteroatoms. The van der Waals surface area contributed by atoms with Crippen molar-refractivity contribution in [1.29, 1.82) is 0 Å². The Kier molecular flexibility index (Phi) is 3.70. The number of rotatable bonds is 2. The molecule has 0 heterocycles. The van der Waals surface area contributed by atoms with Crippen LogP contribution < -0.4 is 0 Å². The minimum Gasteiger partial charge on any atom is -0.392 e. The number of carbonyl (C=O) groups excluding carboxylic acids is 1. The highest BCUT2D eigenvalue weighted by atomic mass is 19.4. The van der Waals surface area contributed by atoms with Crippen LogP contribution in [-0.4, -0.2) is 11.4 Å². The molecule has 2 nitrogen and oxygen atoms in total. The van der Waals surface area contributed by atoms with Crippen LogP contribution in [0.3, 0.4) is 0 Å². The van der Waals surface area contributed by atoms with Gasteiger partial charge in [0.25, 0.3) is 0 Å². The smallest absolute Gasteiger partial charge is 0.392 e. The van der Waals surface area contributed by atoms with E-state index in [0.717, 1.165) is 0 Å². The van der Waals surface area contributed by atoms with Crippen LogP contribution in [0.1, 0.15) is 27.0 Å². The van der Waals surface area contributed by atoms with E-state index in [0.29, 0.717) is 6.07 Å². The number of halogens is 6. The lowest BCUT2D eigenvalue weighted by atomic mass is 9.96. The van der Waals surface area contributed by atoms with Crippen LogP contribution in [0.15, 0.2) is 12.1 Å². The molecule has 0 aliphatic heterocycles. The monoisotopic (exact) mass is 272 g/mol. The number of aldehydes is 1. The maximum absolute atomic E-state index is 12.6. The molecule has 0 saturated carbocycles. The van der Waals surface area contributed by atoms with Crippen LogP contribution in [0.2, 0.25) is 0 Å². The van der Waals surface area contributed by atoms with Gasteiger partial charge in [0.1, 0.15) is 6.29 Å². The molecule has 0 radical (unpaired) electrons. The van der Waals surface area contributed by atoms with Crippen LogP contribution in [0, 0.1) is 0 Å². The van der Waals surface area contributed by atoms with E-state index in [2.05, 4.69) is 0 Å². The van der Waals surface area contributed by atoms with Gasteiger partial charge in [-0.1, -0.05) is 6.07 Å². The molecule has 0 unspecified atom stereocenters. The molecule has 0 aliphatic carbocycles. The predicted molar refractivity (Wildman–Crippen MR) is 47.8 cm³/mol. The summed E-state index contributed by atoms with van der Waals surface area (Å²) in [5.74, 6) is 0. The Bertz CT molecular complexity index is 461. The lowest BCUT2D eigenvalue weighted by molar-refractivity contribution is -0.162. The van der Waals surface area contributed by atoms with Crippen molar-refractivity contribution in [2.24, 2.45) is 0 Å². The summed E-state index contributed by atoms with van der Waals surface area (Å²) in [5.41, 5.74) is -5.66. The van der Waals surface area contributed by atoms with Crippen molar-refractivity contribution in [2.45, 2.75) is 19.0 Å². The molecule has 0 spiro atoms. The first-order valence-electron chi connectivity index (χ1n) is 4.49. The van der Waals surface area contributed by atoms with E-state index in [1.807, 2.05) is 0 Å². The first-order chi connectivity index (χ1) is 8.12. The van der Waals surface area contributed by atoms with Crippen molar-refractivity contribution in [3.8, 4) is 0 Å². The second-order valence-corrected chi connectivity index (χ2v) is 3.33. The minimum absolute atomic E-state index is 0.0407. The zero-order valence-corrected chi connectivity index (χ0v) is 8.56. The topological polar surface area (TPSA) is 37.3 Å². The molecule has 1 rings (SSSR count). The summed E-state index contributed by atoms with van der Waals surface area (Å²) in [4.78, 5) is 10.5. The van der Waals surface area contributed by atoms with Crippen molar-refractivity contribution in [1.82, 2.24) is 0 Å². The highest BCUT2D eigenvalue weighted by Gasteiger charge is 2.45. The summed E-state index contributed by atoms with van der Waals surface area (Å²) in [6, 6.07) is 0.766. The Morgan fingerprint density at radius 3 is 1.94 bits per heavy atom. The Morgan fingerprint density at radius 2 is 1.61 bits per heavy atom. The minimum atomic E-state index is -5.32. The Balaban J connectivity index is 3.71. The van der Waals surface area contributed by atoms with Gasteiger partial charge in [-0.05, 0) is 6.07 Å². The molecule has 100 valence electrons. The van der Waals surface area contributed by atoms with Crippen LogP contribution in [-0.2, 0) is 19.0 Å². The van der Waals surface area contributed by atoms with E-state index in [-0.39, 0.29) is 12.4 Å². The van der Waals surface area contributed by atoms with Gasteiger partial charge in [0.05, 0.1) is 17.7 Å². The predicted octanol–water partition coefficient (Wildman–Crippen LogP) is 3.03. The second-order valence-electron chi connectivity index (χ2n) is 3.33. The lowest BCUT2D eigenvalue weighted by Crippen LogP contribution is -2.20. The van der Waals surface area contributed by atoms with Crippen LogP contribution in [0.4, 0.5) is 26.3 Å². The molecule has 0 saturated heterocycles. The van der Waals surface area contributed by atoms with Crippen molar-refractivity contribution in [3.63, 3.8) is 0 Å². The summed E-state index contributed by atoms with van der Waals surface area (Å²) in [6.45, 7) is -1.31. The van der Waals surface area contributed by atoms with E-state index in [4.69, 9.17) is 5.11 Å². The number of benzene rings is 1. The fraction of sp³-hybridized carbons (Fsp3) is 0.300. The SMILES string of the molecule is O=Cc1ccc(C(F)(F)F)c(C(F)(F)F)c1CO. The average molecular weight is 272 g/mol. The molecule has 18 heavy (non-hydrogen) atoms. The van der Waals surface area contributed by atoms with Crippen LogP contribution in [0.25, 0.3) is 0 Å². The molecule has 1 N–H and O–H groups in total. The standard InChI is InChI=1S/C10H6F6O2/c11-9(12,13)7-2-1-5(3-17)6(4-18)8(7)10(14,15)16/h1-3,18H,4H2. The lowest BCUT2D eigenvalue weighted by Gasteiger charge is -2.19. The van der Waals surface area contributed by atoms with Crippen LogP contribution >= 0.6 is 0 Å². The Hall–Kier alpha value is -1.57. The zero-order chi connectivity index (χ0) is 14.1. The molecular formula is C10H6F6O2. The van der Waals surface area contributed by atoms with Crippen molar-refractivity contribution in [3.05, 3.63) is 34.4 Å². The molecule has 0 amide bonds. The Morgan fingerprint density at radius 1 is 1.06 bits per heavy atom. The molecule has 0 aliphatic rings. The first kappa shape index (κ1) is 14.5. The van der Waals surface area contributed by atoms with Gasteiger partial charge in [-0.15, -0.1) is 0 Å². The van der Waals surface area contributed by atoms with Gasteiger partial charge in [0.15, 0.2) is 0 Å². The third-order valence-corrected chi connectivity index (χ3v) is 2.22. The number of alkyl halides is 6. The highest BCUT2D eigenvalue weighted by Crippen LogP contribution is 2.42. The zero-order valence-electron chi connectivity index (χ0n) is 8.56. The van der Waals surface area contributed by atoms with E-state index in [9.17, 15) is 31.1 Å². The van der Waals surface area contributed by atoms with Gasteiger partial charge in [0.2, 0.25) is 0 Å². The third kappa shape index (κ3) is 2.63. The van der Waals surface area contributed by atoms with E-state index >= 15 is 0 Å². The van der Waals surface area contributed by atoms with Gasteiger partial charge in [-0.2, -0.15) is 26.3 Å². The maximum atomic E-state index is 12.6. The quantitative estimate of drug-likeness (QED) is 0.663. The van der Waals surface area contributed by atoms with Gasteiger partial charge < -0.3 is 5.11 Å². The highest BCUT2D eigenvalue weighted by molar-refractivity contribution is 5.78. The molecule has 0 fully saturated rings. The summed E-state index contributed by atoms with van der Waals surface area (Å²) in [7, 11) is 0. The molecule has 1 aromatic rings. The molecular weight excluding hydrogens is 266 g/mol. The maximum Gasteiger partial charge on any atom is 0.417 e. The van der Waals surface area contributed by atoms with Gasteiger partial charge >= 0.3 is 12.4 Å². The second kappa shape index (κ2) is 4.60. The normalized spacial score (nSPS) is 12.6. The molecule has 0 atom stereocenters. The van der Waals surface area contributed by atoms with Gasteiger partial charge in [0, 0.05) is 11.1 Å². The molecule has 0 aromatic heterocycles. The van der Waals surface area contributed by atoms with Gasteiger partial charge in [-0.25, -0.2) is 0 Å². The summed E-state index contributed by atoms with van der Waals surface area (Å²) >= 11 is 0. The van der Waals surface area contributed by atoms with Crippen LogP contribution in [0.5, 0.6) is 0 Å². The number of aliphatic hydroxyl groups is 1. The summed E-state index contributed by atoms with van der Waals surface area (Å²) in [6.07, 6.45) is -10.6. The summed E-state index contributed by atoms with van der Waals surface area (Å²) < 4.78 is 75.2. The summed E-state index contributed by atoms with van der Waals surface area (Å²) in [5, 5.41) is 8.76. The van der Waals surface area contributed by atoms with E-state index in [1.165, 1.54) is 0 Å². The molecule has 0 bridgehead atoms. The number of hydrogen-bond acceptors (Lipinski definition) is 2. The van der Waals surface area contributed by atoms with E-state index < -0.39 is 41.2 Å². The largest absolute Gasteiger partial charge is 0.417 e.